The van der Waals surface area contributed by atoms with Gasteiger partial charge in [0.05, 0.1) is 0 Å². The second kappa shape index (κ2) is 6.48. The van der Waals surface area contributed by atoms with Crippen LogP contribution in [0.15, 0.2) is 0 Å². The number of hydrogen-bond acceptors (Lipinski definition) is 0. The Morgan fingerprint density at radius 2 is 1.57 bits per heavy atom. The fraction of sp³-hybridized carbons (Fsp3) is 0.929. The molecule has 0 rings (SSSR count). The lowest BCUT2D eigenvalue weighted by atomic mass is 9.69. The highest BCUT2D eigenvalue weighted by Gasteiger charge is 2.30. The summed E-state index contributed by atoms with van der Waals surface area (Å²) < 4.78 is 0. The van der Waals surface area contributed by atoms with Gasteiger partial charge in [-0.25, -0.2) is 0 Å². The zero-order valence-electron chi connectivity index (χ0n) is 11.1. The third kappa shape index (κ3) is 4.48. The van der Waals surface area contributed by atoms with Crippen LogP contribution in [0, 0.1) is 17.3 Å². The molecule has 0 aliphatic carbocycles. The van der Waals surface area contributed by atoms with E-state index in [0.717, 1.165) is 5.92 Å². The van der Waals surface area contributed by atoms with Crippen LogP contribution in [0.2, 0.25) is 0 Å². The molecule has 0 aromatic heterocycles. The normalized spacial score (nSPS) is 14.8. The lowest BCUT2D eigenvalue weighted by Gasteiger charge is -2.36. The van der Waals surface area contributed by atoms with Gasteiger partial charge in [0.15, 0.2) is 0 Å². The Morgan fingerprint density at radius 1 is 1.00 bits per heavy atom. The molecule has 0 fully saturated rings. The van der Waals surface area contributed by atoms with Crippen molar-refractivity contribution < 1.29 is 0 Å². The Bertz CT molecular complexity index is 129. The largest absolute Gasteiger partial charge is 0.0654 e. The van der Waals surface area contributed by atoms with Crippen molar-refractivity contribution in [3.05, 3.63) is 5.92 Å². The predicted molar refractivity (Wildman–Crippen MR) is 66.3 cm³/mol. The average Bonchev–Trinajstić information content (AvgIpc) is 2.09. The molecule has 14 heavy (non-hydrogen) atoms. The Hall–Kier alpha value is 0. The van der Waals surface area contributed by atoms with E-state index >= 15 is 0 Å². The standard InChI is InChI=1S/C14H29/c1-7-10-12(9-3)13(11-8-2)14(4,5)6/h12H,7-11H2,1-6H3. The van der Waals surface area contributed by atoms with Crippen LogP contribution >= 0.6 is 0 Å². The predicted octanol–water partition coefficient (Wildman–Crippen LogP) is 5.23. The third-order valence-corrected chi connectivity index (χ3v) is 3.11. The first kappa shape index (κ1) is 14.0. The minimum absolute atomic E-state index is 0.409. The maximum absolute atomic E-state index is 2.37. The van der Waals surface area contributed by atoms with Crippen LogP contribution in [-0.2, 0) is 0 Å². The van der Waals surface area contributed by atoms with Gasteiger partial charge in [-0.1, -0.05) is 67.2 Å². The maximum atomic E-state index is 2.37. The second-order valence-electron chi connectivity index (χ2n) is 5.42. The van der Waals surface area contributed by atoms with Crippen LogP contribution in [0.4, 0.5) is 0 Å². The lowest BCUT2D eigenvalue weighted by Crippen LogP contribution is -2.25. The second-order valence-corrected chi connectivity index (χ2v) is 5.42. The Balaban J connectivity index is 4.43. The Kier molecular flexibility index (Phi) is 6.48. The quantitative estimate of drug-likeness (QED) is 0.546. The zero-order chi connectivity index (χ0) is 11.2. The molecule has 0 N–H and O–H groups in total. The lowest BCUT2D eigenvalue weighted by molar-refractivity contribution is 0.298. The van der Waals surface area contributed by atoms with E-state index in [1.54, 1.807) is 5.92 Å². The molecule has 0 aromatic carbocycles. The van der Waals surface area contributed by atoms with Crippen LogP contribution in [-0.4, -0.2) is 0 Å². The van der Waals surface area contributed by atoms with Gasteiger partial charge in [0, 0.05) is 0 Å². The monoisotopic (exact) mass is 197 g/mol. The van der Waals surface area contributed by atoms with Crippen molar-refractivity contribution in [1.82, 2.24) is 0 Å². The molecule has 1 atom stereocenters. The third-order valence-electron chi connectivity index (χ3n) is 3.11. The van der Waals surface area contributed by atoms with Gasteiger partial charge < -0.3 is 0 Å². The van der Waals surface area contributed by atoms with Gasteiger partial charge in [-0.15, -0.1) is 0 Å². The van der Waals surface area contributed by atoms with Crippen molar-refractivity contribution in [1.29, 1.82) is 0 Å². The first-order chi connectivity index (χ1) is 6.47. The molecule has 0 heteroatoms. The van der Waals surface area contributed by atoms with Crippen LogP contribution in [0.1, 0.15) is 73.6 Å². The highest BCUT2D eigenvalue weighted by atomic mass is 14.3. The molecule has 0 aromatic rings. The van der Waals surface area contributed by atoms with Crippen LogP contribution in [0.5, 0.6) is 0 Å². The van der Waals surface area contributed by atoms with Gasteiger partial charge >= 0.3 is 0 Å². The fourth-order valence-corrected chi connectivity index (χ4v) is 2.43. The summed E-state index contributed by atoms with van der Waals surface area (Å²) in [6.07, 6.45) is 6.64. The van der Waals surface area contributed by atoms with E-state index in [0.29, 0.717) is 5.41 Å². The summed E-state index contributed by atoms with van der Waals surface area (Å²) in [7, 11) is 0. The van der Waals surface area contributed by atoms with Crippen molar-refractivity contribution in [2.45, 2.75) is 73.6 Å². The van der Waals surface area contributed by atoms with Crippen molar-refractivity contribution in [3.8, 4) is 0 Å². The summed E-state index contributed by atoms with van der Waals surface area (Å²) in [6, 6.07) is 0. The van der Waals surface area contributed by atoms with Crippen LogP contribution < -0.4 is 0 Å². The molecular formula is C14H29. The molecule has 0 nitrogen and oxygen atoms in total. The summed E-state index contributed by atoms with van der Waals surface area (Å²) in [5, 5.41) is 0. The van der Waals surface area contributed by atoms with Gasteiger partial charge in [0.25, 0.3) is 0 Å². The smallest absolute Gasteiger partial charge is 0.0157 e. The van der Waals surface area contributed by atoms with E-state index in [1.807, 2.05) is 0 Å². The van der Waals surface area contributed by atoms with Gasteiger partial charge in [0.1, 0.15) is 0 Å². The highest BCUT2D eigenvalue weighted by molar-refractivity contribution is 5.04. The van der Waals surface area contributed by atoms with Gasteiger partial charge in [-0.3, -0.25) is 0 Å². The fourth-order valence-electron chi connectivity index (χ4n) is 2.43. The first-order valence-electron chi connectivity index (χ1n) is 6.33. The minimum atomic E-state index is 0.409. The van der Waals surface area contributed by atoms with Crippen molar-refractivity contribution in [2.75, 3.05) is 0 Å². The summed E-state index contributed by atoms with van der Waals surface area (Å²) >= 11 is 0. The summed E-state index contributed by atoms with van der Waals surface area (Å²) in [6.45, 7) is 14.0. The molecular weight excluding hydrogens is 168 g/mol. The molecule has 0 bridgehead atoms. The zero-order valence-corrected chi connectivity index (χ0v) is 11.1. The van der Waals surface area contributed by atoms with E-state index < -0.39 is 0 Å². The van der Waals surface area contributed by atoms with E-state index in [2.05, 4.69) is 41.5 Å². The highest BCUT2D eigenvalue weighted by Crippen LogP contribution is 2.41. The maximum Gasteiger partial charge on any atom is -0.0157 e. The van der Waals surface area contributed by atoms with Crippen LogP contribution in [0.3, 0.4) is 0 Å². The molecule has 1 radical (unpaired) electrons. The topological polar surface area (TPSA) is 0 Å². The van der Waals surface area contributed by atoms with Gasteiger partial charge in [0.2, 0.25) is 0 Å². The van der Waals surface area contributed by atoms with E-state index in [9.17, 15) is 0 Å². The number of hydrogen-bond donors (Lipinski definition) is 0. The van der Waals surface area contributed by atoms with E-state index in [4.69, 9.17) is 0 Å². The van der Waals surface area contributed by atoms with Crippen molar-refractivity contribution in [2.24, 2.45) is 11.3 Å². The Labute approximate surface area is 91.5 Å². The molecule has 0 aliphatic heterocycles. The van der Waals surface area contributed by atoms with E-state index in [1.165, 1.54) is 32.1 Å². The summed E-state index contributed by atoms with van der Waals surface area (Å²) in [4.78, 5) is 0. The number of rotatable bonds is 6. The first-order valence-corrected chi connectivity index (χ1v) is 6.33. The molecule has 0 spiro atoms. The summed E-state index contributed by atoms with van der Waals surface area (Å²) in [5.41, 5.74) is 0.409. The van der Waals surface area contributed by atoms with E-state index in [-0.39, 0.29) is 0 Å². The van der Waals surface area contributed by atoms with Crippen molar-refractivity contribution in [3.63, 3.8) is 0 Å². The molecule has 1 unspecified atom stereocenters. The van der Waals surface area contributed by atoms with Crippen molar-refractivity contribution >= 4 is 0 Å². The Morgan fingerprint density at radius 3 is 1.86 bits per heavy atom. The molecule has 0 heterocycles. The summed E-state index contributed by atoms with van der Waals surface area (Å²) in [5.74, 6) is 2.66. The SMILES string of the molecule is CCC[C](C(CC)CCC)C(C)(C)C. The molecule has 0 saturated carbocycles. The average molecular weight is 197 g/mol. The van der Waals surface area contributed by atoms with Gasteiger partial charge in [-0.2, -0.15) is 0 Å². The molecule has 85 valence electrons. The minimum Gasteiger partial charge on any atom is -0.0654 e. The molecule has 0 saturated heterocycles. The van der Waals surface area contributed by atoms with Gasteiger partial charge in [-0.05, 0) is 23.7 Å². The molecule has 0 aliphatic rings. The molecule has 0 amide bonds. The van der Waals surface area contributed by atoms with Crippen LogP contribution in [0.25, 0.3) is 0 Å².